The summed E-state index contributed by atoms with van der Waals surface area (Å²) in [5, 5.41) is 10.3. The maximum Gasteiger partial charge on any atom is 0.335 e. The molecule has 18 heavy (non-hydrogen) atoms. The van der Waals surface area contributed by atoms with E-state index in [-0.39, 0.29) is 0 Å². The summed E-state index contributed by atoms with van der Waals surface area (Å²) in [4.78, 5) is 11.2. The third-order valence-electron chi connectivity index (χ3n) is 3.39. The van der Waals surface area contributed by atoms with Gasteiger partial charge in [-0.15, -0.1) is 0 Å². The van der Waals surface area contributed by atoms with Crippen LogP contribution in [0.3, 0.4) is 0 Å². The first-order valence-corrected chi connectivity index (χ1v) is 6.81. The molecule has 0 fully saturated rings. The minimum Gasteiger partial charge on any atom is -0.478 e. The van der Waals surface area contributed by atoms with Gasteiger partial charge in [-0.2, -0.15) is 0 Å². The van der Waals surface area contributed by atoms with E-state index in [4.69, 9.17) is 0 Å². The molecule has 0 bridgehead atoms. The molecule has 0 atom stereocenters. The second-order valence-corrected chi connectivity index (χ2v) is 5.49. The average molecular weight is 262 g/mol. The predicted molar refractivity (Wildman–Crippen MR) is 74.3 cm³/mol. The van der Waals surface area contributed by atoms with Crippen molar-refractivity contribution in [1.29, 1.82) is 0 Å². The Bertz CT molecular complexity index is 648. The highest BCUT2D eigenvalue weighted by Gasteiger charge is 2.21. The molecular formula is C13H14N2O2S. The maximum absolute atomic E-state index is 11.2. The summed E-state index contributed by atoms with van der Waals surface area (Å²) in [5.41, 5.74) is 3.71. The molecule has 4 nitrogen and oxygen atoms in total. The van der Waals surface area contributed by atoms with Crippen LogP contribution in [0.4, 0.5) is 5.69 Å². The highest BCUT2D eigenvalue weighted by molar-refractivity contribution is 7.99. The SMILES string of the molecule is CCc1cn2c3c(cc(C(=O)O)cc13)N(C)SC2. The van der Waals surface area contributed by atoms with Gasteiger partial charge in [0.1, 0.15) is 0 Å². The zero-order chi connectivity index (χ0) is 12.9. The Morgan fingerprint density at radius 1 is 1.50 bits per heavy atom. The number of nitrogens with zero attached hydrogens (tertiary/aromatic N) is 2. The van der Waals surface area contributed by atoms with E-state index in [1.807, 2.05) is 11.4 Å². The number of carbonyl (C=O) groups is 1. The largest absolute Gasteiger partial charge is 0.478 e. The van der Waals surface area contributed by atoms with Gasteiger partial charge >= 0.3 is 5.97 Å². The summed E-state index contributed by atoms with van der Waals surface area (Å²) in [5.74, 6) is 0.0128. The molecule has 2 aromatic rings. The molecule has 0 saturated heterocycles. The Morgan fingerprint density at radius 3 is 2.94 bits per heavy atom. The lowest BCUT2D eigenvalue weighted by atomic mass is 10.1. The molecule has 1 N–H and O–H groups in total. The van der Waals surface area contributed by atoms with Gasteiger partial charge in [0.2, 0.25) is 0 Å². The van der Waals surface area contributed by atoms with E-state index in [1.165, 1.54) is 5.56 Å². The van der Waals surface area contributed by atoms with Crippen LogP contribution in [-0.4, -0.2) is 22.7 Å². The molecule has 0 unspecified atom stereocenters. The summed E-state index contributed by atoms with van der Waals surface area (Å²) in [6, 6.07) is 3.55. The number of aromatic nitrogens is 1. The van der Waals surface area contributed by atoms with Crippen molar-refractivity contribution in [2.75, 3.05) is 11.4 Å². The van der Waals surface area contributed by atoms with Crippen LogP contribution in [0.15, 0.2) is 18.3 Å². The van der Waals surface area contributed by atoms with Crippen molar-refractivity contribution in [3.05, 3.63) is 29.5 Å². The van der Waals surface area contributed by atoms with E-state index in [0.717, 1.165) is 28.9 Å². The molecule has 0 radical (unpaired) electrons. The first-order valence-electron chi connectivity index (χ1n) is 5.87. The molecule has 3 rings (SSSR count). The quantitative estimate of drug-likeness (QED) is 0.845. The number of rotatable bonds is 2. The van der Waals surface area contributed by atoms with Crippen molar-refractivity contribution in [2.24, 2.45) is 0 Å². The standard InChI is InChI=1S/C13H14N2O2S/c1-3-8-6-15-7-18-14(2)11-5-9(13(16)17)4-10(8)12(11)15/h4-6H,3,7H2,1-2H3,(H,16,17). The normalized spacial score (nSPS) is 14.2. The molecule has 94 valence electrons. The Labute approximate surface area is 109 Å². The molecule has 0 amide bonds. The van der Waals surface area contributed by atoms with Crippen LogP contribution in [0.2, 0.25) is 0 Å². The van der Waals surface area contributed by atoms with Crippen LogP contribution in [0.1, 0.15) is 22.8 Å². The lowest BCUT2D eigenvalue weighted by Gasteiger charge is -2.25. The molecule has 0 aliphatic carbocycles. The van der Waals surface area contributed by atoms with E-state index in [9.17, 15) is 9.90 Å². The van der Waals surface area contributed by atoms with E-state index >= 15 is 0 Å². The minimum absolute atomic E-state index is 0.360. The van der Waals surface area contributed by atoms with Gasteiger partial charge in [0.15, 0.2) is 0 Å². The fourth-order valence-corrected chi connectivity index (χ4v) is 3.23. The van der Waals surface area contributed by atoms with Gasteiger partial charge in [0.25, 0.3) is 0 Å². The second kappa shape index (κ2) is 3.95. The summed E-state index contributed by atoms with van der Waals surface area (Å²) < 4.78 is 4.26. The van der Waals surface area contributed by atoms with Crippen molar-refractivity contribution in [3.63, 3.8) is 0 Å². The van der Waals surface area contributed by atoms with Crippen LogP contribution in [0, 0.1) is 0 Å². The summed E-state index contributed by atoms with van der Waals surface area (Å²) in [7, 11) is 1.98. The van der Waals surface area contributed by atoms with Crippen molar-refractivity contribution < 1.29 is 9.90 Å². The molecule has 0 saturated carbocycles. The Hall–Kier alpha value is -1.62. The fraction of sp³-hybridized carbons (Fsp3) is 0.308. The number of benzene rings is 1. The number of hydrogen-bond donors (Lipinski definition) is 1. The zero-order valence-electron chi connectivity index (χ0n) is 10.3. The molecular weight excluding hydrogens is 248 g/mol. The highest BCUT2D eigenvalue weighted by Crippen LogP contribution is 2.39. The number of carboxylic acids is 1. The van der Waals surface area contributed by atoms with E-state index in [2.05, 4.69) is 17.7 Å². The molecule has 1 aliphatic rings. The van der Waals surface area contributed by atoms with Crippen molar-refractivity contribution >= 4 is 34.5 Å². The second-order valence-electron chi connectivity index (χ2n) is 4.43. The summed E-state index contributed by atoms with van der Waals surface area (Å²) >= 11 is 1.68. The number of aromatic carboxylic acids is 1. The third-order valence-corrected chi connectivity index (χ3v) is 4.37. The monoisotopic (exact) mass is 262 g/mol. The smallest absolute Gasteiger partial charge is 0.335 e. The Morgan fingerprint density at radius 2 is 2.28 bits per heavy atom. The highest BCUT2D eigenvalue weighted by atomic mass is 32.2. The number of anilines is 1. The number of carboxylic acid groups (broad SMARTS) is 1. The van der Waals surface area contributed by atoms with Gasteiger partial charge in [-0.3, -0.25) is 0 Å². The van der Waals surface area contributed by atoms with Gasteiger partial charge < -0.3 is 14.0 Å². The molecule has 2 heterocycles. The van der Waals surface area contributed by atoms with Gasteiger partial charge in [-0.25, -0.2) is 4.79 Å². The first-order chi connectivity index (χ1) is 8.61. The predicted octanol–water partition coefficient (Wildman–Crippen LogP) is 2.96. The van der Waals surface area contributed by atoms with Crippen LogP contribution < -0.4 is 4.31 Å². The van der Waals surface area contributed by atoms with E-state index < -0.39 is 5.97 Å². The maximum atomic E-state index is 11.2. The number of aryl methyl sites for hydroxylation is 1. The molecule has 0 spiro atoms. The van der Waals surface area contributed by atoms with Crippen LogP contribution in [-0.2, 0) is 12.3 Å². The van der Waals surface area contributed by atoms with Crippen LogP contribution in [0.5, 0.6) is 0 Å². The van der Waals surface area contributed by atoms with Crippen molar-refractivity contribution in [1.82, 2.24) is 4.57 Å². The lowest BCUT2D eigenvalue weighted by Crippen LogP contribution is -2.16. The van der Waals surface area contributed by atoms with E-state index in [0.29, 0.717) is 5.56 Å². The topological polar surface area (TPSA) is 45.5 Å². The molecule has 1 aliphatic heterocycles. The minimum atomic E-state index is -0.869. The molecule has 1 aromatic heterocycles. The van der Waals surface area contributed by atoms with Gasteiger partial charge in [0.05, 0.1) is 22.6 Å². The Kier molecular flexibility index (Phi) is 2.52. The van der Waals surface area contributed by atoms with Crippen molar-refractivity contribution in [2.45, 2.75) is 19.2 Å². The lowest BCUT2D eigenvalue weighted by molar-refractivity contribution is 0.0697. The zero-order valence-corrected chi connectivity index (χ0v) is 11.1. The van der Waals surface area contributed by atoms with E-state index in [1.54, 1.807) is 24.1 Å². The van der Waals surface area contributed by atoms with Crippen molar-refractivity contribution in [3.8, 4) is 0 Å². The summed E-state index contributed by atoms with van der Waals surface area (Å²) in [6.07, 6.45) is 3.06. The molecule has 1 aromatic carbocycles. The Balaban J connectivity index is 2.39. The molecule has 5 heteroatoms. The average Bonchev–Trinajstić information content (AvgIpc) is 2.72. The summed E-state index contributed by atoms with van der Waals surface area (Å²) in [6.45, 7) is 2.10. The van der Waals surface area contributed by atoms with Gasteiger partial charge in [-0.05, 0) is 36.1 Å². The van der Waals surface area contributed by atoms with Crippen LogP contribution in [0.25, 0.3) is 10.9 Å². The van der Waals surface area contributed by atoms with Crippen LogP contribution >= 0.6 is 11.9 Å². The first kappa shape index (κ1) is 11.5. The third kappa shape index (κ3) is 1.50. The fourth-order valence-electron chi connectivity index (χ4n) is 2.45. The number of hydrogen-bond acceptors (Lipinski definition) is 3. The van der Waals surface area contributed by atoms with Gasteiger partial charge in [-0.1, -0.05) is 6.92 Å². The van der Waals surface area contributed by atoms with Gasteiger partial charge in [0, 0.05) is 18.6 Å².